The van der Waals surface area contributed by atoms with Gasteiger partial charge in [-0.05, 0) is 24.1 Å². The molecule has 0 spiro atoms. The maximum atomic E-state index is 10.9. The third-order valence-corrected chi connectivity index (χ3v) is 2.52. The summed E-state index contributed by atoms with van der Waals surface area (Å²) in [4.78, 5) is 14.8. The zero-order valence-electron chi connectivity index (χ0n) is 10.9. The number of carbonyl (C=O) groups is 1. The van der Waals surface area contributed by atoms with Crippen LogP contribution in [0, 0.1) is 11.8 Å². The molecule has 0 saturated carbocycles. The van der Waals surface area contributed by atoms with Gasteiger partial charge in [0.25, 0.3) is 5.88 Å². The summed E-state index contributed by atoms with van der Waals surface area (Å²) in [5.74, 6) is 5.18. The number of aromatic carboxylic acids is 1. The van der Waals surface area contributed by atoms with Crippen molar-refractivity contribution in [3.63, 3.8) is 0 Å². The molecular weight excluding hydrogens is 288 g/mol. The lowest BCUT2D eigenvalue weighted by molar-refractivity contribution is 0.0687. The van der Waals surface area contributed by atoms with Crippen LogP contribution in [0.3, 0.4) is 0 Å². The van der Waals surface area contributed by atoms with Crippen LogP contribution in [0.5, 0.6) is 11.6 Å². The van der Waals surface area contributed by atoms with E-state index in [0.29, 0.717) is 17.1 Å². The molecule has 1 aromatic carbocycles. The topological polar surface area (TPSA) is 130 Å². The Kier molecular flexibility index (Phi) is 3.49. The number of H-pyrrole nitrogens is 2. The van der Waals surface area contributed by atoms with Crippen molar-refractivity contribution in [2.75, 3.05) is 0 Å². The summed E-state index contributed by atoms with van der Waals surface area (Å²) in [6.45, 7) is 0. The normalized spacial score (nSPS) is 9.82. The zero-order chi connectivity index (χ0) is 15.4. The summed E-state index contributed by atoms with van der Waals surface area (Å²) in [5.41, 5.74) is 0.437. The molecule has 2 aromatic heterocycles. The van der Waals surface area contributed by atoms with E-state index in [4.69, 9.17) is 9.84 Å². The van der Waals surface area contributed by atoms with Crippen LogP contribution >= 0.6 is 0 Å². The Morgan fingerprint density at radius 3 is 2.95 bits per heavy atom. The molecule has 0 aliphatic rings. The van der Waals surface area contributed by atoms with Gasteiger partial charge in [-0.15, -0.1) is 0 Å². The molecule has 3 rings (SSSR count). The van der Waals surface area contributed by atoms with E-state index >= 15 is 0 Å². The summed E-state index contributed by atoms with van der Waals surface area (Å²) < 4.78 is 5.40. The number of nitrogens with zero attached hydrogens (tertiary/aromatic N) is 4. The fraction of sp³-hybridized carbons (Fsp3) is 0. The largest absolute Gasteiger partial charge is 0.476 e. The van der Waals surface area contributed by atoms with E-state index in [1.165, 1.54) is 6.33 Å². The first-order valence-electron chi connectivity index (χ1n) is 6.02. The zero-order valence-corrected chi connectivity index (χ0v) is 10.9. The lowest BCUT2D eigenvalue weighted by Crippen LogP contribution is -1.99. The van der Waals surface area contributed by atoms with E-state index < -0.39 is 5.97 Å². The van der Waals surface area contributed by atoms with Gasteiger partial charge in [-0.3, -0.25) is 5.10 Å². The standard InChI is InChI=1S/C13H8N6O3/c20-13(21)11-12(18-19-17-11)22-9-3-1-2-8(6-9)4-5-10-14-7-15-16-10/h1-3,6-7H,(H,20,21)(H,14,15,16)(H,17,18,19). The minimum Gasteiger partial charge on any atom is -0.476 e. The van der Waals surface area contributed by atoms with Crippen molar-refractivity contribution in [3.05, 3.63) is 47.7 Å². The van der Waals surface area contributed by atoms with Crippen molar-refractivity contribution in [2.24, 2.45) is 0 Å². The fourth-order valence-corrected chi connectivity index (χ4v) is 1.58. The number of benzene rings is 1. The van der Waals surface area contributed by atoms with Gasteiger partial charge in [-0.2, -0.15) is 5.10 Å². The van der Waals surface area contributed by atoms with Crippen molar-refractivity contribution in [1.29, 1.82) is 0 Å². The Morgan fingerprint density at radius 2 is 2.18 bits per heavy atom. The van der Waals surface area contributed by atoms with E-state index in [1.54, 1.807) is 24.3 Å². The second-order valence-electron chi connectivity index (χ2n) is 4.01. The van der Waals surface area contributed by atoms with Crippen molar-refractivity contribution in [1.82, 2.24) is 30.6 Å². The number of ether oxygens (including phenoxy) is 1. The predicted molar refractivity (Wildman–Crippen MR) is 72.2 cm³/mol. The second-order valence-corrected chi connectivity index (χ2v) is 4.01. The quantitative estimate of drug-likeness (QED) is 0.610. The summed E-state index contributed by atoms with van der Waals surface area (Å²) in [6.07, 6.45) is 1.36. The molecule has 2 heterocycles. The second kappa shape index (κ2) is 5.76. The third kappa shape index (κ3) is 2.91. The molecule has 0 unspecified atom stereocenters. The van der Waals surface area contributed by atoms with E-state index in [0.717, 1.165) is 0 Å². The molecule has 0 atom stereocenters. The number of carboxylic acid groups (broad SMARTS) is 1. The fourth-order valence-electron chi connectivity index (χ4n) is 1.58. The summed E-state index contributed by atoms with van der Waals surface area (Å²) in [7, 11) is 0. The number of hydrogen-bond acceptors (Lipinski definition) is 6. The van der Waals surface area contributed by atoms with Gasteiger partial charge in [0.1, 0.15) is 12.1 Å². The number of aromatic nitrogens is 6. The first-order chi connectivity index (χ1) is 10.7. The molecular formula is C13H8N6O3. The molecule has 9 nitrogen and oxygen atoms in total. The van der Waals surface area contributed by atoms with Gasteiger partial charge in [0.15, 0.2) is 0 Å². The van der Waals surface area contributed by atoms with Gasteiger partial charge >= 0.3 is 5.97 Å². The highest BCUT2D eigenvalue weighted by molar-refractivity contribution is 5.87. The van der Waals surface area contributed by atoms with Crippen molar-refractivity contribution in [2.45, 2.75) is 0 Å². The molecule has 0 aliphatic carbocycles. The van der Waals surface area contributed by atoms with Crippen molar-refractivity contribution >= 4 is 5.97 Å². The van der Waals surface area contributed by atoms with E-state index in [9.17, 15) is 4.79 Å². The number of rotatable bonds is 3. The predicted octanol–water partition coefficient (Wildman–Crippen LogP) is 0.813. The van der Waals surface area contributed by atoms with Gasteiger partial charge in [0.05, 0.1) is 0 Å². The average molecular weight is 296 g/mol. The van der Waals surface area contributed by atoms with Gasteiger partial charge in [-0.25, -0.2) is 14.9 Å². The SMILES string of the molecule is O=C(O)c1[nH]nnc1Oc1cccc(C#Cc2ncn[nH]2)c1. The van der Waals surface area contributed by atoms with Crippen LogP contribution in [0.2, 0.25) is 0 Å². The van der Waals surface area contributed by atoms with Crippen LogP contribution in [0.1, 0.15) is 21.9 Å². The van der Waals surface area contributed by atoms with Gasteiger partial charge in [-0.1, -0.05) is 22.3 Å². The molecule has 0 radical (unpaired) electrons. The first-order valence-corrected chi connectivity index (χ1v) is 6.02. The lowest BCUT2D eigenvalue weighted by atomic mass is 10.2. The number of hydrogen-bond donors (Lipinski definition) is 3. The summed E-state index contributed by atoms with van der Waals surface area (Å²) in [5, 5.41) is 24.5. The van der Waals surface area contributed by atoms with Crippen LogP contribution < -0.4 is 4.74 Å². The molecule has 0 saturated heterocycles. The minimum absolute atomic E-state index is 0.118. The molecule has 0 aliphatic heterocycles. The van der Waals surface area contributed by atoms with Crippen molar-refractivity contribution in [3.8, 4) is 23.5 Å². The highest BCUT2D eigenvalue weighted by Gasteiger charge is 2.16. The third-order valence-electron chi connectivity index (χ3n) is 2.52. The molecule has 3 N–H and O–H groups in total. The Hall–Kier alpha value is -3.67. The van der Waals surface area contributed by atoms with Crippen LogP contribution in [-0.2, 0) is 0 Å². The van der Waals surface area contributed by atoms with Gasteiger partial charge in [0, 0.05) is 5.56 Å². The molecule has 3 aromatic rings. The van der Waals surface area contributed by atoms with Crippen LogP contribution in [0.4, 0.5) is 0 Å². The van der Waals surface area contributed by atoms with Gasteiger partial charge < -0.3 is 9.84 Å². The Morgan fingerprint density at radius 1 is 1.27 bits per heavy atom. The maximum Gasteiger partial charge on any atom is 0.359 e. The molecule has 22 heavy (non-hydrogen) atoms. The lowest BCUT2D eigenvalue weighted by Gasteiger charge is -2.02. The summed E-state index contributed by atoms with van der Waals surface area (Å²) >= 11 is 0. The molecule has 0 fully saturated rings. The molecule has 9 heteroatoms. The minimum atomic E-state index is -1.21. The highest BCUT2D eigenvalue weighted by Crippen LogP contribution is 2.22. The summed E-state index contributed by atoms with van der Waals surface area (Å²) in [6, 6.07) is 6.79. The van der Waals surface area contributed by atoms with Crippen molar-refractivity contribution < 1.29 is 14.6 Å². The van der Waals surface area contributed by atoms with E-state index in [-0.39, 0.29) is 11.6 Å². The van der Waals surface area contributed by atoms with Crippen LogP contribution in [0.15, 0.2) is 30.6 Å². The number of aromatic amines is 2. The number of carboxylic acids is 1. The highest BCUT2D eigenvalue weighted by atomic mass is 16.5. The Bertz CT molecular complexity index is 859. The Labute approximate surface area is 123 Å². The first kappa shape index (κ1) is 13.3. The van der Waals surface area contributed by atoms with Crippen LogP contribution in [-0.4, -0.2) is 41.7 Å². The van der Waals surface area contributed by atoms with Gasteiger partial charge in [0.2, 0.25) is 11.5 Å². The smallest absolute Gasteiger partial charge is 0.359 e. The molecule has 0 amide bonds. The van der Waals surface area contributed by atoms with E-state index in [1.807, 2.05) is 0 Å². The monoisotopic (exact) mass is 296 g/mol. The molecule has 0 bridgehead atoms. The maximum absolute atomic E-state index is 10.9. The number of nitrogens with one attached hydrogen (secondary N) is 2. The van der Waals surface area contributed by atoms with E-state index in [2.05, 4.69) is 42.4 Å². The average Bonchev–Trinajstić information content (AvgIpc) is 3.16. The Balaban J connectivity index is 1.82. The molecule has 108 valence electrons. The van der Waals surface area contributed by atoms with Crippen LogP contribution in [0.25, 0.3) is 0 Å².